The van der Waals surface area contributed by atoms with Crippen molar-refractivity contribution in [3.05, 3.63) is 23.8 Å². The number of alkyl halides is 3. The maximum atomic E-state index is 12.3. The van der Waals surface area contributed by atoms with Gasteiger partial charge in [0.25, 0.3) is 0 Å². The lowest BCUT2D eigenvalue weighted by Crippen LogP contribution is -2.25. The van der Waals surface area contributed by atoms with E-state index >= 15 is 0 Å². The largest absolute Gasteiger partial charge is 0.573 e. The lowest BCUT2D eigenvalue weighted by atomic mass is 9.72. The second kappa shape index (κ2) is 4.86. The lowest BCUT2D eigenvalue weighted by Gasteiger charge is -2.32. The Morgan fingerprint density at radius 2 is 1.90 bits per heavy atom. The molecular weight excluding hydrogens is 267 g/mol. The fraction of sp³-hybridized carbons (Fsp3) is 0.600. The molecule has 1 heterocycles. The van der Waals surface area contributed by atoms with Gasteiger partial charge in [-0.2, -0.15) is 0 Å². The Labute approximate surface area is 117 Å². The highest BCUT2D eigenvalue weighted by Gasteiger charge is 2.35. The number of fused-ring (bicyclic) bond motifs is 1. The predicted octanol–water partition coefficient (Wildman–Crippen LogP) is 4.78. The Morgan fingerprint density at radius 1 is 1.25 bits per heavy atom. The highest BCUT2D eigenvalue weighted by Crippen LogP contribution is 2.44. The molecule has 0 spiro atoms. The van der Waals surface area contributed by atoms with Crippen LogP contribution in [0.4, 0.5) is 18.9 Å². The van der Waals surface area contributed by atoms with Gasteiger partial charge in [-0.05, 0) is 35.1 Å². The Kier molecular flexibility index (Phi) is 3.65. The summed E-state index contributed by atoms with van der Waals surface area (Å²) < 4.78 is 40.9. The maximum Gasteiger partial charge on any atom is 0.573 e. The summed E-state index contributed by atoms with van der Waals surface area (Å²) in [7, 11) is 0. The highest BCUT2D eigenvalue weighted by atomic mass is 19.4. The summed E-state index contributed by atoms with van der Waals surface area (Å²) in [5.41, 5.74) is 1.91. The fourth-order valence-electron chi connectivity index (χ4n) is 2.59. The van der Waals surface area contributed by atoms with Crippen molar-refractivity contribution in [1.82, 2.24) is 0 Å². The minimum absolute atomic E-state index is 0.0921. The average Bonchev–Trinajstić information content (AvgIpc) is 2.67. The number of benzene rings is 1. The smallest absolute Gasteiger partial charge is 0.406 e. The van der Waals surface area contributed by atoms with E-state index in [1.807, 2.05) is 0 Å². The first kappa shape index (κ1) is 15.0. The first-order valence-corrected chi connectivity index (χ1v) is 6.71. The van der Waals surface area contributed by atoms with E-state index in [1.165, 1.54) is 12.1 Å². The molecule has 1 N–H and O–H groups in total. The first-order valence-electron chi connectivity index (χ1n) is 6.71. The molecule has 1 aliphatic rings. The van der Waals surface area contributed by atoms with E-state index in [1.54, 1.807) is 6.07 Å². The van der Waals surface area contributed by atoms with Crippen molar-refractivity contribution in [3.63, 3.8) is 0 Å². The number of anilines is 1. The van der Waals surface area contributed by atoms with Gasteiger partial charge in [0.05, 0.1) is 0 Å². The van der Waals surface area contributed by atoms with Gasteiger partial charge in [0, 0.05) is 18.2 Å². The molecule has 0 fully saturated rings. The summed E-state index contributed by atoms with van der Waals surface area (Å²) in [5.74, 6) is 0.394. The second-order valence-corrected chi connectivity index (χ2v) is 6.44. The molecule has 0 amide bonds. The molecule has 0 aliphatic carbocycles. The third-order valence-corrected chi connectivity index (χ3v) is 4.14. The molecule has 5 heteroatoms. The van der Waals surface area contributed by atoms with Gasteiger partial charge < -0.3 is 10.1 Å². The average molecular weight is 287 g/mol. The van der Waals surface area contributed by atoms with Crippen molar-refractivity contribution in [2.45, 2.75) is 40.0 Å². The minimum atomic E-state index is -4.65. The van der Waals surface area contributed by atoms with Gasteiger partial charge in [-0.25, -0.2) is 0 Å². The molecule has 20 heavy (non-hydrogen) atoms. The summed E-state index contributed by atoms with van der Waals surface area (Å²) in [6, 6.07) is 4.52. The van der Waals surface area contributed by atoms with Gasteiger partial charge in [-0.3, -0.25) is 0 Å². The second-order valence-electron chi connectivity index (χ2n) is 6.44. The van der Waals surface area contributed by atoms with Gasteiger partial charge in [0.2, 0.25) is 0 Å². The van der Waals surface area contributed by atoms with Crippen LogP contribution in [0.2, 0.25) is 0 Å². The maximum absolute atomic E-state index is 12.3. The van der Waals surface area contributed by atoms with Crippen LogP contribution >= 0.6 is 0 Å². The Hall–Kier alpha value is -1.39. The van der Waals surface area contributed by atoms with E-state index in [-0.39, 0.29) is 17.1 Å². The van der Waals surface area contributed by atoms with Crippen molar-refractivity contribution in [2.24, 2.45) is 11.3 Å². The van der Waals surface area contributed by atoms with Gasteiger partial charge in [0.1, 0.15) is 5.75 Å². The van der Waals surface area contributed by atoms with Gasteiger partial charge in [0.15, 0.2) is 0 Å². The molecule has 112 valence electrons. The van der Waals surface area contributed by atoms with Gasteiger partial charge in [-0.1, -0.05) is 27.7 Å². The number of hydrogen-bond acceptors (Lipinski definition) is 2. The summed E-state index contributed by atoms with van der Waals surface area (Å²) in [4.78, 5) is 0. The molecule has 1 aromatic rings. The normalized spacial score (nSPS) is 20.2. The Morgan fingerprint density at radius 3 is 2.45 bits per heavy atom. The molecule has 2 atom stereocenters. The lowest BCUT2D eigenvalue weighted by molar-refractivity contribution is -0.274. The predicted molar refractivity (Wildman–Crippen MR) is 73.0 cm³/mol. The molecule has 0 saturated heterocycles. The van der Waals surface area contributed by atoms with Crippen molar-refractivity contribution in [1.29, 1.82) is 0 Å². The van der Waals surface area contributed by atoms with Crippen molar-refractivity contribution >= 4 is 5.69 Å². The fourth-order valence-corrected chi connectivity index (χ4v) is 2.59. The van der Waals surface area contributed by atoms with Crippen LogP contribution in [0.5, 0.6) is 5.75 Å². The topological polar surface area (TPSA) is 21.3 Å². The number of halogens is 3. The first-order chi connectivity index (χ1) is 9.08. The van der Waals surface area contributed by atoms with E-state index in [9.17, 15) is 13.2 Å². The van der Waals surface area contributed by atoms with Crippen molar-refractivity contribution < 1.29 is 17.9 Å². The summed E-state index contributed by atoms with van der Waals surface area (Å²) >= 11 is 0. The molecule has 1 aromatic carbocycles. The van der Waals surface area contributed by atoms with Crippen LogP contribution in [0, 0.1) is 11.3 Å². The molecule has 0 aromatic heterocycles. The van der Waals surface area contributed by atoms with E-state index in [4.69, 9.17) is 0 Å². The molecule has 1 aliphatic heterocycles. The third-order valence-electron chi connectivity index (χ3n) is 4.14. The number of ether oxygens (including phenoxy) is 1. The van der Waals surface area contributed by atoms with Crippen LogP contribution < -0.4 is 10.1 Å². The molecular formula is C15H20F3NO. The molecule has 2 rings (SSSR count). The monoisotopic (exact) mass is 287 g/mol. The van der Waals surface area contributed by atoms with Crippen LogP contribution in [0.3, 0.4) is 0 Å². The number of rotatable bonds is 2. The van der Waals surface area contributed by atoms with Gasteiger partial charge in [-0.15, -0.1) is 13.2 Å². The SMILES string of the molecule is CC(C1CNc2ccc(OC(F)(F)F)cc21)C(C)(C)C. The Balaban J connectivity index is 2.28. The summed E-state index contributed by atoms with van der Waals surface area (Å²) in [6.07, 6.45) is -4.65. The molecule has 0 radical (unpaired) electrons. The highest BCUT2D eigenvalue weighted by molar-refractivity contribution is 5.60. The third kappa shape index (κ3) is 3.19. The summed E-state index contributed by atoms with van der Waals surface area (Å²) in [6.45, 7) is 9.32. The van der Waals surface area contributed by atoms with Crippen LogP contribution in [0.15, 0.2) is 18.2 Å². The van der Waals surface area contributed by atoms with Crippen molar-refractivity contribution in [3.8, 4) is 5.75 Å². The Bertz CT molecular complexity index is 491. The zero-order valence-corrected chi connectivity index (χ0v) is 12.1. The standard InChI is InChI=1S/C15H20F3NO/c1-9(14(2,3)4)12-8-19-13-6-5-10(7-11(12)13)20-15(16,17)18/h5-7,9,12,19H,8H2,1-4H3. The zero-order valence-electron chi connectivity index (χ0n) is 12.1. The van der Waals surface area contributed by atoms with E-state index < -0.39 is 6.36 Å². The van der Waals surface area contributed by atoms with E-state index in [0.29, 0.717) is 5.92 Å². The number of nitrogens with one attached hydrogen (secondary N) is 1. The quantitative estimate of drug-likeness (QED) is 0.845. The van der Waals surface area contributed by atoms with Crippen molar-refractivity contribution in [2.75, 3.05) is 11.9 Å². The minimum Gasteiger partial charge on any atom is -0.406 e. The van der Waals surface area contributed by atoms with E-state index in [0.717, 1.165) is 17.8 Å². The summed E-state index contributed by atoms with van der Waals surface area (Å²) in [5, 5.41) is 3.26. The van der Waals surface area contributed by atoms with Crippen LogP contribution in [-0.4, -0.2) is 12.9 Å². The molecule has 0 saturated carbocycles. The molecule has 2 unspecified atom stereocenters. The molecule has 2 nitrogen and oxygen atoms in total. The van der Waals surface area contributed by atoms with Gasteiger partial charge >= 0.3 is 6.36 Å². The zero-order chi connectivity index (χ0) is 15.1. The number of hydrogen-bond donors (Lipinski definition) is 1. The van der Waals surface area contributed by atoms with Crippen LogP contribution in [0.1, 0.15) is 39.2 Å². The van der Waals surface area contributed by atoms with Crippen LogP contribution in [-0.2, 0) is 0 Å². The molecule has 0 bridgehead atoms. The van der Waals surface area contributed by atoms with Crippen LogP contribution in [0.25, 0.3) is 0 Å². The van der Waals surface area contributed by atoms with E-state index in [2.05, 4.69) is 37.7 Å².